The second-order valence-electron chi connectivity index (χ2n) is 9.98. The van der Waals surface area contributed by atoms with E-state index in [1.165, 1.54) is 12.0 Å². The molecule has 2 amide bonds. The summed E-state index contributed by atoms with van der Waals surface area (Å²) >= 11 is 0. The summed E-state index contributed by atoms with van der Waals surface area (Å²) in [4.78, 5) is 44.5. The van der Waals surface area contributed by atoms with E-state index in [0.29, 0.717) is 29.7 Å². The Kier molecular flexibility index (Phi) is 5.15. The zero-order valence-electron chi connectivity index (χ0n) is 19.5. The van der Waals surface area contributed by atoms with E-state index < -0.39 is 10.8 Å². The first-order valence-corrected chi connectivity index (χ1v) is 11.4. The molecule has 174 valence electrons. The maximum absolute atomic E-state index is 12.9. The van der Waals surface area contributed by atoms with Gasteiger partial charge in [0, 0.05) is 18.4 Å². The van der Waals surface area contributed by atoms with Crippen LogP contribution in [0.1, 0.15) is 53.1 Å². The molecule has 34 heavy (non-hydrogen) atoms. The maximum Gasteiger partial charge on any atom is 0.318 e. The third-order valence-electron chi connectivity index (χ3n) is 7.01. The Bertz CT molecular complexity index is 1240. The normalized spacial score (nSPS) is 21.5. The van der Waals surface area contributed by atoms with Crippen molar-refractivity contribution in [3.05, 3.63) is 83.9 Å². The van der Waals surface area contributed by atoms with Gasteiger partial charge in [-0.05, 0) is 48.4 Å². The molecule has 2 heterocycles. The number of hydrogen-bond acceptors (Lipinski definition) is 5. The number of rotatable bonds is 7. The van der Waals surface area contributed by atoms with Gasteiger partial charge in [0.05, 0.1) is 30.3 Å². The maximum atomic E-state index is 12.9. The molecule has 5 rings (SSSR count). The molecule has 7 heteroatoms. The number of nitrogens with zero attached hydrogens (tertiary/aromatic N) is 3. The van der Waals surface area contributed by atoms with E-state index >= 15 is 0 Å². The van der Waals surface area contributed by atoms with Crippen molar-refractivity contribution in [3.63, 3.8) is 0 Å². The van der Waals surface area contributed by atoms with Crippen molar-refractivity contribution < 1.29 is 19.1 Å². The highest BCUT2D eigenvalue weighted by Crippen LogP contribution is 2.59. The van der Waals surface area contributed by atoms with E-state index in [-0.39, 0.29) is 30.2 Å². The first kappa shape index (κ1) is 22.1. The van der Waals surface area contributed by atoms with E-state index in [1.807, 2.05) is 54.9 Å². The lowest BCUT2D eigenvalue weighted by Crippen LogP contribution is -2.39. The van der Waals surface area contributed by atoms with E-state index in [2.05, 4.69) is 4.98 Å². The summed E-state index contributed by atoms with van der Waals surface area (Å²) < 4.78 is 7.10. The third-order valence-corrected chi connectivity index (χ3v) is 7.01. The van der Waals surface area contributed by atoms with Gasteiger partial charge >= 0.3 is 5.97 Å². The summed E-state index contributed by atoms with van der Waals surface area (Å²) in [6.45, 7) is 4.34. The standard InChI is InChI=1S/C27H27N3O4/c1-26(2,16-30-23(31)20-11-7-8-12-21(20)24(30)32)13-18-14-27(18,25(33)34-3)22-15-29(17-28-22)19-9-5-4-6-10-19/h4-12,15,17-18H,13-14,16H2,1-3H3/t18-,27+/m0/s1. The van der Waals surface area contributed by atoms with Crippen molar-refractivity contribution in [2.24, 2.45) is 11.3 Å². The molecule has 1 aliphatic carbocycles. The van der Waals surface area contributed by atoms with Crippen molar-refractivity contribution in [1.82, 2.24) is 14.5 Å². The number of esters is 1. The molecule has 1 saturated carbocycles. The number of methoxy groups -OCH3 is 1. The molecule has 2 aromatic carbocycles. The van der Waals surface area contributed by atoms with Crippen molar-refractivity contribution in [2.45, 2.75) is 32.1 Å². The van der Waals surface area contributed by atoms with E-state index in [1.54, 1.807) is 30.6 Å². The number of imide groups is 1. The SMILES string of the molecule is COC(=O)[C@]1(c2cn(-c3ccccc3)cn2)C[C@@H]1CC(C)(C)CN1C(=O)c2ccccc2C1=O. The Morgan fingerprint density at radius 3 is 2.29 bits per heavy atom. The molecule has 0 N–H and O–H groups in total. The molecule has 0 spiro atoms. The smallest absolute Gasteiger partial charge is 0.318 e. The lowest BCUT2D eigenvalue weighted by Gasteiger charge is -2.30. The van der Waals surface area contributed by atoms with Crippen LogP contribution in [0.25, 0.3) is 5.69 Å². The fourth-order valence-corrected chi connectivity index (χ4v) is 5.26. The van der Waals surface area contributed by atoms with Gasteiger partial charge in [0.25, 0.3) is 11.8 Å². The van der Waals surface area contributed by atoms with Crippen LogP contribution < -0.4 is 0 Å². The number of hydrogen-bond donors (Lipinski definition) is 0. The minimum Gasteiger partial charge on any atom is -0.468 e. The van der Waals surface area contributed by atoms with Crippen molar-refractivity contribution in [2.75, 3.05) is 13.7 Å². The molecule has 1 aromatic heterocycles. The van der Waals surface area contributed by atoms with Gasteiger partial charge < -0.3 is 9.30 Å². The number of amides is 2. The van der Waals surface area contributed by atoms with Crippen LogP contribution in [-0.2, 0) is 14.9 Å². The lowest BCUT2D eigenvalue weighted by molar-refractivity contribution is -0.144. The highest BCUT2D eigenvalue weighted by atomic mass is 16.5. The highest BCUT2D eigenvalue weighted by molar-refractivity contribution is 6.21. The minimum atomic E-state index is -0.811. The van der Waals surface area contributed by atoms with E-state index in [9.17, 15) is 14.4 Å². The van der Waals surface area contributed by atoms with Gasteiger partial charge in [-0.2, -0.15) is 0 Å². The number of imidazole rings is 1. The Hall–Kier alpha value is -3.74. The third kappa shape index (κ3) is 3.52. The number of carbonyl (C=O) groups is 3. The first-order valence-electron chi connectivity index (χ1n) is 11.4. The predicted molar refractivity (Wildman–Crippen MR) is 126 cm³/mol. The summed E-state index contributed by atoms with van der Waals surface area (Å²) in [7, 11) is 1.40. The van der Waals surface area contributed by atoms with Crippen LogP contribution in [0.2, 0.25) is 0 Å². The predicted octanol–water partition coefficient (Wildman–Crippen LogP) is 4.02. The second-order valence-corrected chi connectivity index (χ2v) is 9.98. The van der Waals surface area contributed by atoms with Crippen LogP contribution in [0.4, 0.5) is 0 Å². The molecule has 1 fully saturated rings. The number of para-hydroxylation sites is 1. The summed E-state index contributed by atoms with van der Waals surface area (Å²) in [6, 6.07) is 16.7. The number of carbonyl (C=O) groups excluding carboxylic acids is 3. The second kappa shape index (κ2) is 7.94. The fourth-order valence-electron chi connectivity index (χ4n) is 5.26. The molecule has 2 aliphatic rings. The Balaban J connectivity index is 1.35. The Labute approximate surface area is 198 Å². The Morgan fingerprint density at radius 2 is 1.68 bits per heavy atom. The molecule has 0 unspecified atom stereocenters. The largest absolute Gasteiger partial charge is 0.468 e. The van der Waals surface area contributed by atoms with Gasteiger partial charge in [-0.15, -0.1) is 0 Å². The molecule has 7 nitrogen and oxygen atoms in total. The highest BCUT2D eigenvalue weighted by Gasteiger charge is 2.64. The van der Waals surface area contributed by atoms with Gasteiger partial charge in [0.1, 0.15) is 5.41 Å². The van der Waals surface area contributed by atoms with Crippen molar-refractivity contribution >= 4 is 17.8 Å². The van der Waals surface area contributed by atoms with Gasteiger partial charge in [-0.3, -0.25) is 19.3 Å². The lowest BCUT2D eigenvalue weighted by atomic mass is 9.83. The number of fused-ring (bicyclic) bond motifs is 1. The van der Waals surface area contributed by atoms with Gasteiger partial charge in [-0.25, -0.2) is 4.98 Å². The van der Waals surface area contributed by atoms with Crippen LogP contribution >= 0.6 is 0 Å². The molecule has 2 atom stereocenters. The fraction of sp³-hybridized carbons (Fsp3) is 0.333. The quantitative estimate of drug-likeness (QED) is 0.395. The van der Waals surface area contributed by atoms with E-state index in [4.69, 9.17) is 4.74 Å². The number of aromatic nitrogens is 2. The topological polar surface area (TPSA) is 81.5 Å². The molecule has 0 bridgehead atoms. The molecular weight excluding hydrogens is 430 g/mol. The molecular formula is C27H27N3O4. The summed E-state index contributed by atoms with van der Waals surface area (Å²) in [5.74, 6) is -0.813. The van der Waals surface area contributed by atoms with Crippen LogP contribution in [0.5, 0.6) is 0 Å². The Morgan fingerprint density at radius 1 is 1.06 bits per heavy atom. The summed E-state index contributed by atoms with van der Waals surface area (Å²) in [6.07, 6.45) is 4.88. The first-order chi connectivity index (χ1) is 16.3. The molecule has 0 radical (unpaired) electrons. The molecule has 0 saturated heterocycles. The molecule has 3 aromatic rings. The van der Waals surface area contributed by atoms with Gasteiger partial charge in [0.15, 0.2) is 0 Å². The minimum absolute atomic E-state index is 0.00394. The van der Waals surface area contributed by atoms with Gasteiger partial charge in [-0.1, -0.05) is 44.2 Å². The summed E-state index contributed by atoms with van der Waals surface area (Å²) in [5, 5.41) is 0. The monoisotopic (exact) mass is 457 g/mol. The van der Waals surface area contributed by atoms with Crippen molar-refractivity contribution in [1.29, 1.82) is 0 Å². The number of ether oxygens (including phenoxy) is 1. The zero-order chi connectivity index (χ0) is 24.1. The number of benzene rings is 2. The van der Waals surface area contributed by atoms with E-state index in [0.717, 1.165) is 5.69 Å². The van der Waals surface area contributed by atoms with Crippen LogP contribution in [0, 0.1) is 11.3 Å². The zero-order valence-corrected chi connectivity index (χ0v) is 19.5. The van der Waals surface area contributed by atoms with Crippen LogP contribution in [-0.4, -0.2) is 45.9 Å². The average Bonchev–Trinajstić information content (AvgIpc) is 3.22. The van der Waals surface area contributed by atoms with Crippen LogP contribution in [0.15, 0.2) is 67.1 Å². The van der Waals surface area contributed by atoms with Crippen LogP contribution in [0.3, 0.4) is 0 Å². The summed E-state index contributed by atoms with van der Waals surface area (Å²) in [5.41, 5.74) is 1.34. The average molecular weight is 458 g/mol. The molecule has 1 aliphatic heterocycles. The van der Waals surface area contributed by atoms with Crippen molar-refractivity contribution in [3.8, 4) is 5.69 Å². The van der Waals surface area contributed by atoms with Gasteiger partial charge in [0.2, 0.25) is 0 Å².